The maximum atomic E-state index is 11.3. The standard InChI is InChI=1S/C12H12N8O2S/c13-12-16-17-18-20(12)15-8-10-2-1-7-19(10)9-3-5-11(6-4-9)23(14,21)22/h1-8H,(H2,13,16,18)(H2,14,21,22)/b15-8-. The average Bonchev–Trinajstić information content (AvgIpc) is 3.13. The van der Waals surface area contributed by atoms with Crippen LogP contribution in [0.1, 0.15) is 5.69 Å². The van der Waals surface area contributed by atoms with Gasteiger partial charge in [-0.3, -0.25) is 0 Å². The van der Waals surface area contributed by atoms with E-state index in [1.165, 1.54) is 18.3 Å². The Morgan fingerprint density at radius 3 is 2.52 bits per heavy atom. The number of nitrogens with two attached hydrogens (primary N) is 2. The molecule has 10 nitrogen and oxygen atoms in total. The van der Waals surface area contributed by atoms with Gasteiger partial charge in [0.1, 0.15) is 0 Å². The topological polar surface area (TPSA) is 147 Å². The number of anilines is 1. The summed E-state index contributed by atoms with van der Waals surface area (Å²) < 4.78 is 24.4. The molecule has 2 heterocycles. The van der Waals surface area contributed by atoms with Crippen molar-refractivity contribution in [1.82, 2.24) is 24.9 Å². The lowest BCUT2D eigenvalue weighted by molar-refractivity contribution is 0.598. The van der Waals surface area contributed by atoms with E-state index < -0.39 is 10.0 Å². The van der Waals surface area contributed by atoms with Crippen LogP contribution in [0.2, 0.25) is 0 Å². The van der Waals surface area contributed by atoms with E-state index in [0.29, 0.717) is 0 Å². The lowest BCUT2D eigenvalue weighted by atomic mass is 10.3. The molecule has 3 rings (SSSR count). The van der Waals surface area contributed by atoms with Crippen LogP contribution in [0.15, 0.2) is 52.6 Å². The molecule has 0 saturated carbocycles. The molecule has 11 heteroatoms. The predicted octanol–water partition coefficient (Wildman–Crippen LogP) is -0.424. The molecule has 4 N–H and O–H groups in total. The highest BCUT2D eigenvalue weighted by molar-refractivity contribution is 7.89. The highest BCUT2D eigenvalue weighted by Gasteiger charge is 2.08. The Labute approximate surface area is 131 Å². The van der Waals surface area contributed by atoms with Gasteiger partial charge in [0, 0.05) is 11.9 Å². The quantitative estimate of drug-likeness (QED) is 0.620. The lowest BCUT2D eigenvalue weighted by Crippen LogP contribution is -2.12. The van der Waals surface area contributed by atoms with Crippen LogP contribution in [0.5, 0.6) is 0 Å². The third-order valence-corrected chi connectivity index (χ3v) is 3.93. The molecule has 2 aromatic heterocycles. The summed E-state index contributed by atoms with van der Waals surface area (Å²) in [4.78, 5) is 1.13. The maximum Gasteiger partial charge on any atom is 0.263 e. The van der Waals surface area contributed by atoms with Gasteiger partial charge >= 0.3 is 0 Å². The van der Waals surface area contributed by atoms with Crippen LogP contribution in [0.4, 0.5) is 5.95 Å². The molecule has 0 radical (unpaired) electrons. The second kappa shape index (κ2) is 5.62. The monoisotopic (exact) mass is 332 g/mol. The van der Waals surface area contributed by atoms with E-state index in [1.54, 1.807) is 22.9 Å². The molecule has 0 fully saturated rings. The number of aromatic nitrogens is 5. The summed E-state index contributed by atoms with van der Waals surface area (Å²) in [7, 11) is -3.72. The number of sulfonamides is 1. The molecule has 0 atom stereocenters. The molecule has 0 bridgehead atoms. The van der Waals surface area contributed by atoms with E-state index in [-0.39, 0.29) is 10.8 Å². The highest BCUT2D eigenvalue weighted by atomic mass is 32.2. The number of benzene rings is 1. The average molecular weight is 332 g/mol. The Hall–Kier alpha value is -3.05. The van der Waals surface area contributed by atoms with Crippen LogP contribution in [0.25, 0.3) is 5.69 Å². The molecule has 0 aliphatic rings. The number of primary sulfonamides is 1. The first-order valence-electron chi connectivity index (χ1n) is 6.34. The molecule has 0 unspecified atom stereocenters. The molecule has 0 aliphatic heterocycles. The van der Waals surface area contributed by atoms with Crippen LogP contribution >= 0.6 is 0 Å². The Morgan fingerprint density at radius 1 is 1.17 bits per heavy atom. The molecular formula is C12H12N8O2S. The van der Waals surface area contributed by atoms with Gasteiger partial charge in [-0.25, -0.2) is 13.6 Å². The van der Waals surface area contributed by atoms with E-state index in [4.69, 9.17) is 10.9 Å². The summed E-state index contributed by atoms with van der Waals surface area (Å²) in [6.45, 7) is 0. The minimum Gasteiger partial charge on any atom is -0.365 e. The zero-order valence-electron chi connectivity index (χ0n) is 11.7. The van der Waals surface area contributed by atoms with Crippen LogP contribution in [0.3, 0.4) is 0 Å². The first-order valence-corrected chi connectivity index (χ1v) is 7.88. The predicted molar refractivity (Wildman–Crippen MR) is 82.4 cm³/mol. The first-order chi connectivity index (χ1) is 10.9. The second-order valence-electron chi connectivity index (χ2n) is 4.51. The number of rotatable bonds is 4. The zero-order valence-corrected chi connectivity index (χ0v) is 12.5. The molecule has 0 saturated heterocycles. The fraction of sp³-hybridized carbons (Fsp3) is 0. The molecule has 3 aromatic rings. The molecule has 0 spiro atoms. The summed E-state index contributed by atoms with van der Waals surface area (Å²) in [5.41, 5.74) is 6.99. The molecule has 0 aliphatic carbocycles. The SMILES string of the molecule is Nc1nnnn1/N=C\c1cccn1-c1ccc(S(N)(=O)=O)cc1. The first kappa shape index (κ1) is 14.9. The minimum atomic E-state index is -3.72. The van der Waals surface area contributed by atoms with Gasteiger partial charge in [-0.15, -0.1) is 0 Å². The summed E-state index contributed by atoms with van der Waals surface area (Å²) in [5.74, 6) is 0.0665. The van der Waals surface area contributed by atoms with Gasteiger partial charge in [0.15, 0.2) is 0 Å². The van der Waals surface area contributed by atoms with Crippen molar-refractivity contribution in [2.45, 2.75) is 4.90 Å². The number of nitrogens with zero attached hydrogens (tertiary/aromatic N) is 6. The number of hydrogen-bond acceptors (Lipinski definition) is 7. The van der Waals surface area contributed by atoms with Crippen LogP contribution < -0.4 is 10.9 Å². The summed E-state index contributed by atoms with van der Waals surface area (Å²) in [6.07, 6.45) is 3.33. The van der Waals surface area contributed by atoms with Crippen molar-refractivity contribution in [1.29, 1.82) is 0 Å². The normalized spacial score (nSPS) is 12.0. The number of nitrogen functional groups attached to an aromatic ring is 1. The largest absolute Gasteiger partial charge is 0.365 e. The third-order valence-electron chi connectivity index (χ3n) is 3.00. The van der Waals surface area contributed by atoms with Gasteiger partial charge in [-0.1, -0.05) is 9.89 Å². The van der Waals surface area contributed by atoms with Gasteiger partial charge in [-0.2, -0.15) is 5.10 Å². The lowest BCUT2D eigenvalue weighted by Gasteiger charge is -2.07. The third kappa shape index (κ3) is 3.09. The Kier molecular flexibility index (Phi) is 3.64. The summed E-state index contributed by atoms with van der Waals surface area (Å²) >= 11 is 0. The Morgan fingerprint density at radius 2 is 1.91 bits per heavy atom. The van der Waals surface area contributed by atoms with Crippen molar-refractivity contribution in [3.63, 3.8) is 0 Å². The van der Waals surface area contributed by atoms with Crippen molar-refractivity contribution in [2.24, 2.45) is 10.2 Å². The van der Waals surface area contributed by atoms with Crippen LogP contribution in [0, 0.1) is 0 Å². The molecule has 23 heavy (non-hydrogen) atoms. The van der Waals surface area contributed by atoms with Gasteiger partial charge < -0.3 is 10.3 Å². The smallest absolute Gasteiger partial charge is 0.263 e. The van der Waals surface area contributed by atoms with Gasteiger partial charge in [0.25, 0.3) is 5.95 Å². The second-order valence-corrected chi connectivity index (χ2v) is 6.07. The number of tetrazole rings is 1. The van der Waals surface area contributed by atoms with Crippen LogP contribution in [-0.4, -0.2) is 39.5 Å². The summed E-state index contributed by atoms with van der Waals surface area (Å²) in [5, 5.41) is 19.6. The minimum absolute atomic E-state index is 0.0464. The molecule has 0 amide bonds. The summed E-state index contributed by atoms with van der Waals surface area (Å²) in [6, 6.07) is 9.79. The van der Waals surface area contributed by atoms with Crippen molar-refractivity contribution in [3.05, 3.63) is 48.3 Å². The molecule has 118 valence electrons. The maximum absolute atomic E-state index is 11.3. The highest BCUT2D eigenvalue weighted by Crippen LogP contribution is 2.15. The van der Waals surface area contributed by atoms with Crippen molar-refractivity contribution >= 4 is 22.2 Å². The van der Waals surface area contributed by atoms with Crippen molar-refractivity contribution < 1.29 is 8.42 Å². The fourth-order valence-electron chi connectivity index (χ4n) is 1.92. The van der Waals surface area contributed by atoms with E-state index in [0.717, 1.165) is 16.2 Å². The fourth-order valence-corrected chi connectivity index (χ4v) is 2.43. The van der Waals surface area contributed by atoms with E-state index >= 15 is 0 Å². The van der Waals surface area contributed by atoms with Crippen molar-refractivity contribution in [3.8, 4) is 5.69 Å². The van der Waals surface area contributed by atoms with Gasteiger partial charge in [0.2, 0.25) is 10.0 Å². The Balaban J connectivity index is 1.92. The zero-order chi connectivity index (χ0) is 16.4. The molecular weight excluding hydrogens is 320 g/mol. The van der Waals surface area contributed by atoms with Crippen LogP contribution in [-0.2, 0) is 10.0 Å². The Bertz CT molecular complexity index is 955. The van der Waals surface area contributed by atoms with E-state index in [9.17, 15) is 8.42 Å². The van der Waals surface area contributed by atoms with Gasteiger partial charge in [0.05, 0.1) is 16.8 Å². The van der Waals surface area contributed by atoms with E-state index in [2.05, 4.69) is 20.6 Å². The van der Waals surface area contributed by atoms with Crippen molar-refractivity contribution in [2.75, 3.05) is 5.73 Å². The number of hydrogen-bond donors (Lipinski definition) is 2. The molecule has 1 aromatic carbocycles. The van der Waals surface area contributed by atoms with Gasteiger partial charge in [-0.05, 0) is 46.8 Å². The van der Waals surface area contributed by atoms with E-state index in [1.807, 2.05) is 12.1 Å².